The predicted molar refractivity (Wildman–Crippen MR) is 128 cm³/mol. The molecule has 0 N–H and O–H groups in total. The first-order chi connectivity index (χ1) is 14.7. The molecule has 1 fully saturated rings. The summed E-state index contributed by atoms with van der Waals surface area (Å²) in [6, 6.07) is 20.6. The first-order valence-corrected chi connectivity index (χ1v) is 12.3. The molecular weight excluding hydrogens is 362 g/mol. The van der Waals surface area contributed by atoms with Crippen LogP contribution in [0.2, 0.25) is 0 Å². The van der Waals surface area contributed by atoms with Gasteiger partial charge in [0, 0.05) is 0 Å². The lowest BCUT2D eigenvalue weighted by Crippen LogP contribution is -2.30. The van der Waals surface area contributed by atoms with E-state index in [1.54, 1.807) is 0 Å². The summed E-state index contributed by atoms with van der Waals surface area (Å²) in [6.07, 6.45) is 14.8. The molecule has 0 unspecified atom stereocenters. The fourth-order valence-electron chi connectivity index (χ4n) is 5.03. The molecule has 0 saturated heterocycles. The number of unbranched alkanes of at least 4 members (excludes halogenated alkanes) is 4. The molecule has 0 aliphatic heterocycles. The number of hydrogen-bond donors (Lipinski definition) is 0. The van der Waals surface area contributed by atoms with E-state index >= 15 is 0 Å². The summed E-state index contributed by atoms with van der Waals surface area (Å²) < 4.78 is 0. The van der Waals surface area contributed by atoms with Crippen molar-refractivity contribution >= 4 is 0 Å². The molecule has 1 saturated carbocycles. The van der Waals surface area contributed by atoms with Crippen molar-refractivity contribution in [1.29, 1.82) is 5.26 Å². The minimum absolute atomic E-state index is 0.275. The van der Waals surface area contributed by atoms with Crippen LogP contribution in [0, 0.1) is 17.2 Å². The zero-order valence-corrected chi connectivity index (χ0v) is 19.1. The molecule has 0 spiro atoms. The first-order valence-electron chi connectivity index (χ1n) is 12.3. The van der Waals surface area contributed by atoms with E-state index in [9.17, 15) is 5.26 Å². The van der Waals surface area contributed by atoms with Gasteiger partial charge < -0.3 is 0 Å². The molecule has 160 valence electrons. The van der Waals surface area contributed by atoms with Crippen molar-refractivity contribution in [2.24, 2.45) is 5.92 Å². The van der Waals surface area contributed by atoms with E-state index in [2.05, 4.69) is 68.4 Å². The summed E-state index contributed by atoms with van der Waals surface area (Å²) >= 11 is 0. The van der Waals surface area contributed by atoms with E-state index in [-0.39, 0.29) is 5.41 Å². The van der Waals surface area contributed by atoms with Gasteiger partial charge in [-0.3, -0.25) is 0 Å². The van der Waals surface area contributed by atoms with Crippen molar-refractivity contribution in [3.8, 4) is 17.2 Å². The van der Waals surface area contributed by atoms with Crippen LogP contribution in [0.25, 0.3) is 11.1 Å². The Bertz CT molecular complexity index is 786. The lowest BCUT2D eigenvalue weighted by Gasteiger charge is -2.35. The lowest BCUT2D eigenvalue weighted by atomic mass is 9.66. The van der Waals surface area contributed by atoms with Crippen LogP contribution in [0.3, 0.4) is 0 Å². The third-order valence-corrected chi connectivity index (χ3v) is 7.18. The zero-order valence-electron chi connectivity index (χ0n) is 19.1. The topological polar surface area (TPSA) is 23.8 Å². The highest BCUT2D eigenvalue weighted by Crippen LogP contribution is 2.43. The van der Waals surface area contributed by atoms with Gasteiger partial charge in [-0.15, -0.1) is 0 Å². The molecule has 0 radical (unpaired) electrons. The molecule has 2 aromatic carbocycles. The number of hydrogen-bond acceptors (Lipinski definition) is 1. The minimum Gasteiger partial charge on any atom is -0.197 e. The molecule has 1 aliphatic rings. The van der Waals surface area contributed by atoms with Gasteiger partial charge in [0.15, 0.2) is 0 Å². The van der Waals surface area contributed by atoms with Gasteiger partial charge in [0.2, 0.25) is 0 Å². The van der Waals surface area contributed by atoms with Crippen molar-refractivity contribution in [2.75, 3.05) is 0 Å². The van der Waals surface area contributed by atoms with Crippen LogP contribution in [0.1, 0.15) is 95.6 Å². The van der Waals surface area contributed by atoms with E-state index in [1.807, 2.05) is 0 Å². The Morgan fingerprint density at radius 1 is 0.800 bits per heavy atom. The lowest BCUT2D eigenvalue weighted by molar-refractivity contribution is 0.262. The fraction of sp³-hybridized carbons (Fsp3) is 0.552. The van der Waals surface area contributed by atoms with Crippen LogP contribution in [-0.2, 0) is 11.8 Å². The smallest absolute Gasteiger partial charge is 0.0822 e. The van der Waals surface area contributed by atoms with E-state index < -0.39 is 0 Å². The SMILES string of the molecule is CCCCCc1ccc(-c2ccc([C@]3(C#N)CC[C@H](CCCCC)CC3)cc2)cc1. The first kappa shape index (κ1) is 22.6. The maximum Gasteiger partial charge on any atom is 0.0822 e. The van der Waals surface area contributed by atoms with Gasteiger partial charge >= 0.3 is 0 Å². The van der Waals surface area contributed by atoms with Crippen LogP contribution in [0.4, 0.5) is 0 Å². The Kier molecular flexibility index (Phi) is 8.56. The standard InChI is InChI=1S/C29H39N/c1-3-5-7-9-24-11-13-26(14-12-24)27-15-17-28(18-16-27)29(23-30)21-19-25(20-22-29)10-8-6-4-2/h11-18,25H,3-10,19-22H2,1-2H3/t25-,29+. The highest BCUT2D eigenvalue weighted by molar-refractivity contribution is 5.64. The number of nitriles is 1. The fourth-order valence-corrected chi connectivity index (χ4v) is 5.03. The second-order valence-electron chi connectivity index (χ2n) is 9.36. The number of rotatable bonds is 10. The van der Waals surface area contributed by atoms with Crippen molar-refractivity contribution in [1.82, 2.24) is 0 Å². The van der Waals surface area contributed by atoms with E-state index in [1.165, 1.54) is 86.5 Å². The molecule has 30 heavy (non-hydrogen) atoms. The van der Waals surface area contributed by atoms with Gasteiger partial charge in [0.25, 0.3) is 0 Å². The van der Waals surface area contributed by atoms with Crippen molar-refractivity contribution < 1.29 is 0 Å². The Labute approximate surface area is 184 Å². The third kappa shape index (κ3) is 5.75. The Morgan fingerprint density at radius 3 is 1.93 bits per heavy atom. The van der Waals surface area contributed by atoms with Crippen LogP contribution in [-0.4, -0.2) is 0 Å². The predicted octanol–water partition coefficient (Wildman–Crippen LogP) is 8.62. The third-order valence-electron chi connectivity index (χ3n) is 7.18. The minimum atomic E-state index is -0.275. The largest absolute Gasteiger partial charge is 0.197 e. The van der Waals surface area contributed by atoms with Crippen LogP contribution < -0.4 is 0 Å². The Hall–Kier alpha value is -2.07. The maximum absolute atomic E-state index is 10.1. The summed E-state index contributed by atoms with van der Waals surface area (Å²) in [5.74, 6) is 0.827. The molecule has 1 nitrogen and oxygen atoms in total. The van der Waals surface area contributed by atoms with Crippen molar-refractivity contribution in [3.63, 3.8) is 0 Å². The average molecular weight is 402 g/mol. The average Bonchev–Trinajstić information content (AvgIpc) is 2.81. The zero-order chi connectivity index (χ0) is 21.2. The Balaban J connectivity index is 1.62. The summed E-state index contributed by atoms with van der Waals surface area (Å²) in [5, 5.41) is 10.1. The van der Waals surface area contributed by atoms with Crippen LogP contribution in [0.5, 0.6) is 0 Å². The quantitative estimate of drug-likeness (QED) is 0.365. The molecule has 2 aromatic rings. The van der Waals surface area contributed by atoms with Gasteiger partial charge in [-0.2, -0.15) is 5.26 Å². The molecule has 0 bridgehead atoms. The second-order valence-corrected chi connectivity index (χ2v) is 9.36. The van der Waals surface area contributed by atoms with Crippen molar-refractivity contribution in [3.05, 3.63) is 59.7 Å². The van der Waals surface area contributed by atoms with E-state index in [4.69, 9.17) is 0 Å². The Morgan fingerprint density at radius 2 is 1.37 bits per heavy atom. The van der Waals surface area contributed by atoms with Crippen molar-refractivity contribution in [2.45, 2.75) is 96.3 Å². The summed E-state index contributed by atoms with van der Waals surface area (Å²) in [6.45, 7) is 4.52. The van der Waals surface area contributed by atoms with Gasteiger partial charge in [-0.05, 0) is 66.7 Å². The van der Waals surface area contributed by atoms with Crippen LogP contribution in [0.15, 0.2) is 48.5 Å². The monoisotopic (exact) mass is 401 g/mol. The molecule has 0 amide bonds. The molecule has 1 aliphatic carbocycles. The number of aryl methyl sites for hydroxylation is 1. The highest BCUT2D eigenvalue weighted by Gasteiger charge is 2.36. The highest BCUT2D eigenvalue weighted by atomic mass is 14.4. The van der Waals surface area contributed by atoms with E-state index in [0.717, 1.165) is 18.8 Å². The number of nitrogens with zero attached hydrogens (tertiary/aromatic N) is 1. The van der Waals surface area contributed by atoms with Gasteiger partial charge in [-0.1, -0.05) is 101 Å². The molecule has 3 rings (SSSR count). The van der Waals surface area contributed by atoms with Gasteiger partial charge in [-0.25, -0.2) is 0 Å². The molecule has 0 atom stereocenters. The molecular formula is C29H39N. The van der Waals surface area contributed by atoms with Crippen LogP contribution >= 0.6 is 0 Å². The second kappa shape index (κ2) is 11.4. The molecule has 0 heterocycles. The van der Waals surface area contributed by atoms with Gasteiger partial charge in [0.1, 0.15) is 0 Å². The summed E-state index contributed by atoms with van der Waals surface area (Å²) in [5.41, 5.74) is 4.90. The molecule has 1 heteroatoms. The van der Waals surface area contributed by atoms with E-state index in [0.29, 0.717) is 0 Å². The summed E-state index contributed by atoms with van der Waals surface area (Å²) in [4.78, 5) is 0. The normalized spacial score (nSPS) is 21.3. The maximum atomic E-state index is 10.1. The molecule has 0 aromatic heterocycles. The van der Waals surface area contributed by atoms with Gasteiger partial charge in [0.05, 0.1) is 11.5 Å². The summed E-state index contributed by atoms with van der Waals surface area (Å²) in [7, 11) is 0. The number of benzene rings is 2.